The first-order chi connectivity index (χ1) is 8.30. The Kier molecular flexibility index (Phi) is 5.62. The van der Waals surface area contributed by atoms with E-state index in [4.69, 9.17) is 5.11 Å². The molecule has 0 amide bonds. The fourth-order valence-corrected chi connectivity index (χ4v) is 3.93. The van der Waals surface area contributed by atoms with Crippen LogP contribution in [-0.2, 0) is 9.84 Å². The Morgan fingerprint density at radius 3 is 2.56 bits per heavy atom. The third-order valence-corrected chi connectivity index (χ3v) is 5.87. The zero-order chi connectivity index (χ0) is 13.8. The lowest BCUT2D eigenvalue weighted by atomic mass is 9.89. The molecule has 0 aromatic rings. The molecule has 4 nitrogen and oxygen atoms in total. The van der Waals surface area contributed by atoms with Crippen LogP contribution in [0.3, 0.4) is 0 Å². The maximum Gasteiger partial charge on any atom is 0.150 e. The maximum atomic E-state index is 11.6. The largest absolute Gasteiger partial charge is 0.396 e. The van der Waals surface area contributed by atoms with Crippen LogP contribution in [0.4, 0.5) is 0 Å². The normalized spacial score (nSPS) is 28.9. The molecule has 0 heterocycles. The first-order valence-corrected chi connectivity index (χ1v) is 8.83. The lowest BCUT2D eigenvalue weighted by molar-refractivity contribution is 0.189. The molecule has 0 saturated heterocycles. The third kappa shape index (κ3) is 4.52. The van der Waals surface area contributed by atoms with Gasteiger partial charge in [-0.1, -0.05) is 13.3 Å². The van der Waals surface area contributed by atoms with Gasteiger partial charge in [-0.15, -0.1) is 0 Å². The van der Waals surface area contributed by atoms with E-state index in [-0.39, 0.29) is 23.4 Å². The molecule has 1 saturated carbocycles. The van der Waals surface area contributed by atoms with Gasteiger partial charge in [0, 0.05) is 24.4 Å². The van der Waals surface area contributed by atoms with Gasteiger partial charge in [-0.3, -0.25) is 0 Å². The van der Waals surface area contributed by atoms with Gasteiger partial charge < -0.3 is 10.4 Å². The highest BCUT2D eigenvalue weighted by Crippen LogP contribution is 2.26. The summed E-state index contributed by atoms with van der Waals surface area (Å²) in [6.45, 7) is 4.37. The summed E-state index contributed by atoms with van der Waals surface area (Å²) in [7, 11) is -2.92. The molecular weight excluding hydrogens is 250 g/mol. The summed E-state index contributed by atoms with van der Waals surface area (Å²) in [5.41, 5.74) is -0.0845. The molecule has 3 unspecified atom stereocenters. The molecule has 1 aliphatic carbocycles. The van der Waals surface area contributed by atoms with Crippen molar-refractivity contribution in [1.29, 1.82) is 0 Å². The van der Waals surface area contributed by atoms with Gasteiger partial charge in [0.2, 0.25) is 0 Å². The molecular formula is C13H27NO3S. The smallest absolute Gasteiger partial charge is 0.150 e. The molecule has 0 bridgehead atoms. The van der Waals surface area contributed by atoms with Crippen molar-refractivity contribution in [3.05, 3.63) is 0 Å². The van der Waals surface area contributed by atoms with Crippen molar-refractivity contribution in [2.45, 2.75) is 69.2 Å². The first-order valence-electron chi connectivity index (χ1n) is 6.88. The predicted molar refractivity (Wildman–Crippen MR) is 74.4 cm³/mol. The van der Waals surface area contributed by atoms with Crippen molar-refractivity contribution >= 4 is 9.84 Å². The van der Waals surface area contributed by atoms with Crippen molar-refractivity contribution < 1.29 is 13.5 Å². The lowest BCUT2D eigenvalue weighted by Gasteiger charge is -2.37. The molecule has 108 valence electrons. The fraction of sp³-hybridized carbons (Fsp3) is 1.00. The number of rotatable bonds is 6. The van der Waals surface area contributed by atoms with Crippen LogP contribution < -0.4 is 5.32 Å². The number of nitrogens with one attached hydrogen (secondary N) is 1. The summed E-state index contributed by atoms with van der Waals surface area (Å²) in [6.07, 6.45) is 6.49. The van der Waals surface area contributed by atoms with Gasteiger partial charge in [-0.25, -0.2) is 8.42 Å². The molecule has 0 radical (unpaired) electrons. The number of hydrogen-bond donors (Lipinski definition) is 2. The minimum absolute atomic E-state index is 0.0845. The van der Waals surface area contributed by atoms with Crippen molar-refractivity contribution in [3.63, 3.8) is 0 Å². The van der Waals surface area contributed by atoms with Gasteiger partial charge in [0.25, 0.3) is 0 Å². The zero-order valence-corrected chi connectivity index (χ0v) is 12.6. The molecule has 1 rings (SSSR count). The van der Waals surface area contributed by atoms with Gasteiger partial charge in [-0.2, -0.15) is 0 Å². The monoisotopic (exact) mass is 277 g/mol. The van der Waals surface area contributed by atoms with Crippen LogP contribution in [0.1, 0.15) is 52.4 Å². The van der Waals surface area contributed by atoms with E-state index in [2.05, 4.69) is 19.2 Å². The minimum Gasteiger partial charge on any atom is -0.396 e. The van der Waals surface area contributed by atoms with E-state index in [1.165, 1.54) is 6.26 Å². The molecule has 0 aromatic carbocycles. The fourth-order valence-electron chi connectivity index (χ4n) is 2.76. The van der Waals surface area contributed by atoms with Crippen LogP contribution in [0, 0.1) is 0 Å². The highest BCUT2D eigenvalue weighted by molar-refractivity contribution is 7.91. The molecule has 0 aliphatic heterocycles. The maximum absolute atomic E-state index is 11.6. The van der Waals surface area contributed by atoms with E-state index < -0.39 is 9.84 Å². The van der Waals surface area contributed by atoms with E-state index in [1.807, 2.05) is 0 Å². The summed E-state index contributed by atoms with van der Waals surface area (Å²) < 4.78 is 23.2. The zero-order valence-electron chi connectivity index (χ0n) is 11.8. The topological polar surface area (TPSA) is 66.4 Å². The SMILES string of the molecule is CCC(C)(CCO)NC1CCCC(S(C)(=O)=O)C1. The second kappa shape index (κ2) is 6.35. The molecule has 1 aliphatic rings. The van der Waals surface area contributed by atoms with Crippen LogP contribution in [0.5, 0.6) is 0 Å². The Balaban J connectivity index is 2.62. The van der Waals surface area contributed by atoms with Gasteiger partial charge in [-0.05, 0) is 39.0 Å². The average Bonchev–Trinajstić information content (AvgIpc) is 2.28. The Morgan fingerprint density at radius 2 is 2.06 bits per heavy atom. The number of aliphatic hydroxyl groups is 1. The first kappa shape index (κ1) is 15.9. The molecule has 5 heteroatoms. The summed E-state index contributed by atoms with van der Waals surface area (Å²) in [4.78, 5) is 0. The van der Waals surface area contributed by atoms with E-state index in [0.29, 0.717) is 12.8 Å². The third-order valence-electron chi connectivity index (χ3n) is 4.23. The van der Waals surface area contributed by atoms with Crippen molar-refractivity contribution in [1.82, 2.24) is 5.32 Å². The second-order valence-corrected chi connectivity index (χ2v) is 8.17. The van der Waals surface area contributed by atoms with Crippen LogP contribution >= 0.6 is 0 Å². The lowest BCUT2D eigenvalue weighted by Crippen LogP contribution is -2.51. The number of sulfone groups is 1. The Morgan fingerprint density at radius 1 is 1.39 bits per heavy atom. The van der Waals surface area contributed by atoms with E-state index in [0.717, 1.165) is 25.7 Å². The Bertz CT molecular complexity index is 355. The summed E-state index contributed by atoms with van der Waals surface area (Å²) in [6, 6.07) is 0.259. The average molecular weight is 277 g/mol. The molecule has 18 heavy (non-hydrogen) atoms. The highest BCUT2D eigenvalue weighted by Gasteiger charge is 2.32. The standard InChI is InChI=1S/C13H27NO3S/c1-4-13(2,8-9-15)14-11-6-5-7-12(10-11)18(3,16)17/h11-12,14-15H,4-10H2,1-3H3. The van der Waals surface area contributed by atoms with E-state index >= 15 is 0 Å². The summed E-state index contributed by atoms with van der Waals surface area (Å²) in [5, 5.41) is 12.5. The number of aliphatic hydroxyl groups excluding tert-OH is 1. The van der Waals surface area contributed by atoms with Gasteiger partial charge in [0.1, 0.15) is 9.84 Å². The molecule has 0 spiro atoms. The second-order valence-electron chi connectivity index (χ2n) is 5.85. The minimum atomic E-state index is -2.92. The predicted octanol–water partition coefficient (Wildman–Crippen LogP) is 1.48. The molecule has 1 fully saturated rings. The summed E-state index contributed by atoms with van der Waals surface area (Å²) >= 11 is 0. The van der Waals surface area contributed by atoms with Crippen LogP contribution in [0.15, 0.2) is 0 Å². The highest BCUT2D eigenvalue weighted by atomic mass is 32.2. The molecule has 3 atom stereocenters. The van der Waals surface area contributed by atoms with Crippen LogP contribution in [0.2, 0.25) is 0 Å². The van der Waals surface area contributed by atoms with Gasteiger partial charge in [0.05, 0.1) is 5.25 Å². The molecule has 2 N–H and O–H groups in total. The van der Waals surface area contributed by atoms with Crippen molar-refractivity contribution in [2.24, 2.45) is 0 Å². The van der Waals surface area contributed by atoms with Crippen molar-refractivity contribution in [2.75, 3.05) is 12.9 Å². The van der Waals surface area contributed by atoms with Crippen LogP contribution in [0.25, 0.3) is 0 Å². The van der Waals surface area contributed by atoms with Gasteiger partial charge in [0.15, 0.2) is 0 Å². The van der Waals surface area contributed by atoms with Crippen LogP contribution in [-0.4, -0.2) is 43.2 Å². The van der Waals surface area contributed by atoms with E-state index in [1.54, 1.807) is 0 Å². The number of hydrogen-bond acceptors (Lipinski definition) is 4. The Hall–Kier alpha value is -0.130. The van der Waals surface area contributed by atoms with Crippen molar-refractivity contribution in [3.8, 4) is 0 Å². The quantitative estimate of drug-likeness (QED) is 0.772. The van der Waals surface area contributed by atoms with E-state index in [9.17, 15) is 8.42 Å². The summed E-state index contributed by atoms with van der Waals surface area (Å²) in [5.74, 6) is 0. The molecule has 0 aromatic heterocycles. The Labute approximate surface area is 111 Å². The van der Waals surface area contributed by atoms with Gasteiger partial charge >= 0.3 is 0 Å².